The van der Waals surface area contributed by atoms with Crippen LogP contribution in [0.5, 0.6) is 11.5 Å². The SMILES string of the molecule is CCCCc1ccc(-n2nnnc2SCC(=O)Nc2cc(OC)ccc2OC)cc1. The molecule has 0 bridgehead atoms. The van der Waals surface area contributed by atoms with Crippen molar-refractivity contribution >= 4 is 23.4 Å². The Hall–Kier alpha value is -3.07. The van der Waals surface area contributed by atoms with E-state index in [2.05, 4.69) is 39.9 Å². The van der Waals surface area contributed by atoms with E-state index in [0.717, 1.165) is 12.1 Å². The molecule has 0 aliphatic heterocycles. The van der Waals surface area contributed by atoms with E-state index in [1.165, 1.54) is 30.2 Å². The van der Waals surface area contributed by atoms with Crippen molar-refractivity contribution in [2.45, 2.75) is 31.3 Å². The van der Waals surface area contributed by atoms with Gasteiger partial charge in [-0.25, -0.2) is 0 Å². The molecule has 2 aromatic carbocycles. The van der Waals surface area contributed by atoms with E-state index in [1.807, 2.05) is 12.1 Å². The molecule has 3 rings (SSSR count). The Morgan fingerprint density at radius 1 is 1.13 bits per heavy atom. The summed E-state index contributed by atoms with van der Waals surface area (Å²) in [7, 11) is 3.12. The number of hydrogen-bond acceptors (Lipinski definition) is 7. The molecule has 9 heteroatoms. The van der Waals surface area contributed by atoms with Crippen LogP contribution in [0.25, 0.3) is 5.69 Å². The molecule has 0 atom stereocenters. The monoisotopic (exact) mass is 427 g/mol. The number of aromatic nitrogens is 4. The quantitative estimate of drug-likeness (QED) is 0.493. The Morgan fingerprint density at radius 2 is 1.93 bits per heavy atom. The highest BCUT2D eigenvalue weighted by molar-refractivity contribution is 7.99. The van der Waals surface area contributed by atoms with Gasteiger partial charge in [0, 0.05) is 6.07 Å². The number of methoxy groups -OCH3 is 2. The van der Waals surface area contributed by atoms with Gasteiger partial charge in [0.15, 0.2) is 0 Å². The maximum Gasteiger partial charge on any atom is 0.234 e. The number of aryl methyl sites for hydroxylation is 1. The Labute approximate surface area is 180 Å². The van der Waals surface area contributed by atoms with Crippen molar-refractivity contribution in [3.8, 4) is 17.2 Å². The van der Waals surface area contributed by atoms with Crippen molar-refractivity contribution in [1.82, 2.24) is 20.2 Å². The summed E-state index contributed by atoms with van der Waals surface area (Å²) >= 11 is 1.26. The van der Waals surface area contributed by atoms with Gasteiger partial charge in [0.05, 0.1) is 31.3 Å². The number of carbonyl (C=O) groups excluding carboxylic acids is 1. The molecule has 1 amide bonds. The third-order valence-electron chi connectivity index (χ3n) is 4.45. The van der Waals surface area contributed by atoms with Crippen molar-refractivity contribution < 1.29 is 14.3 Å². The van der Waals surface area contributed by atoms with Gasteiger partial charge in [-0.15, -0.1) is 5.10 Å². The standard InChI is InChI=1S/C21H25N5O3S/c1-4-5-6-15-7-9-16(10-8-15)26-21(23-24-25-26)30-14-20(27)22-18-13-17(28-2)11-12-19(18)29-3/h7-13H,4-6,14H2,1-3H3,(H,22,27). The third kappa shape index (κ3) is 5.50. The lowest BCUT2D eigenvalue weighted by Crippen LogP contribution is -2.15. The van der Waals surface area contributed by atoms with Crippen LogP contribution in [0.2, 0.25) is 0 Å². The van der Waals surface area contributed by atoms with Crippen LogP contribution in [-0.2, 0) is 11.2 Å². The number of benzene rings is 2. The minimum atomic E-state index is -0.198. The summed E-state index contributed by atoms with van der Waals surface area (Å²) < 4.78 is 12.1. The molecule has 1 heterocycles. The molecule has 158 valence electrons. The van der Waals surface area contributed by atoms with Gasteiger partial charge in [-0.3, -0.25) is 4.79 Å². The fourth-order valence-corrected chi connectivity index (χ4v) is 3.53. The average molecular weight is 428 g/mol. The second-order valence-electron chi connectivity index (χ2n) is 6.55. The molecule has 0 spiro atoms. The van der Waals surface area contributed by atoms with Crippen LogP contribution in [0, 0.1) is 0 Å². The number of ether oxygens (including phenoxy) is 2. The Kier molecular flexibility index (Phi) is 7.67. The zero-order valence-corrected chi connectivity index (χ0v) is 18.1. The summed E-state index contributed by atoms with van der Waals surface area (Å²) in [5.41, 5.74) is 2.69. The lowest BCUT2D eigenvalue weighted by Gasteiger charge is -2.11. The normalized spacial score (nSPS) is 10.6. The van der Waals surface area contributed by atoms with Gasteiger partial charge in [-0.05, 0) is 53.1 Å². The fourth-order valence-electron chi connectivity index (χ4n) is 2.84. The highest BCUT2D eigenvalue weighted by atomic mass is 32.2. The number of nitrogens with zero attached hydrogens (tertiary/aromatic N) is 4. The molecule has 3 aromatic rings. The summed E-state index contributed by atoms with van der Waals surface area (Å²) in [6.07, 6.45) is 3.39. The molecule has 0 fully saturated rings. The number of nitrogens with one attached hydrogen (secondary N) is 1. The molecule has 30 heavy (non-hydrogen) atoms. The minimum Gasteiger partial charge on any atom is -0.497 e. The molecule has 1 aromatic heterocycles. The molecule has 0 saturated heterocycles. The number of amides is 1. The highest BCUT2D eigenvalue weighted by Crippen LogP contribution is 2.29. The summed E-state index contributed by atoms with van der Waals surface area (Å²) in [5, 5.41) is 15.2. The highest BCUT2D eigenvalue weighted by Gasteiger charge is 2.14. The van der Waals surface area contributed by atoms with Crippen LogP contribution < -0.4 is 14.8 Å². The number of carbonyl (C=O) groups is 1. The van der Waals surface area contributed by atoms with E-state index in [-0.39, 0.29) is 11.7 Å². The van der Waals surface area contributed by atoms with Gasteiger partial charge in [-0.2, -0.15) is 4.68 Å². The van der Waals surface area contributed by atoms with Crippen molar-refractivity contribution in [2.75, 3.05) is 25.3 Å². The molecule has 8 nitrogen and oxygen atoms in total. The molecule has 1 N–H and O–H groups in total. The number of rotatable bonds is 10. The average Bonchev–Trinajstić information content (AvgIpc) is 3.25. The maximum atomic E-state index is 12.5. The van der Waals surface area contributed by atoms with Gasteiger partial charge in [-0.1, -0.05) is 37.2 Å². The first-order valence-corrected chi connectivity index (χ1v) is 10.7. The van der Waals surface area contributed by atoms with Crippen LogP contribution in [-0.4, -0.2) is 46.1 Å². The lowest BCUT2D eigenvalue weighted by atomic mass is 10.1. The van der Waals surface area contributed by atoms with Gasteiger partial charge in [0.1, 0.15) is 11.5 Å². The van der Waals surface area contributed by atoms with E-state index in [9.17, 15) is 4.79 Å². The molecule has 0 unspecified atom stereocenters. The van der Waals surface area contributed by atoms with E-state index >= 15 is 0 Å². The number of thioether (sulfide) groups is 1. The van der Waals surface area contributed by atoms with Crippen molar-refractivity contribution in [1.29, 1.82) is 0 Å². The third-order valence-corrected chi connectivity index (χ3v) is 5.37. The van der Waals surface area contributed by atoms with Gasteiger partial charge < -0.3 is 14.8 Å². The molecular weight excluding hydrogens is 402 g/mol. The molecule has 0 saturated carbocycles. The first-order chi connectivity index (χ1) is 14.6. The summed E-state index contributed by atoms with van der Waals surface area (Å²) in [5.74, 6) is 1.14. The van der Waals surface area contributed by atoms with E-state index in [1.54, 1.807) is 37.1 Å². The van der Waals surface area contributed by atoms with Crippen LogP contribution in [0.15, 0.2) is 47.6 Å². The van der Waals surface area contributed by atoms with E-state index in [4.69, 9.17) is 9.47 Å². The van der Waals surface area contributed by atoms with E-state index < -0.39 is 0 Å². The molecule has 0 aliphatic carbocycles. The Morgan fingerprint density at radius 3 is 2.63 bits per heavy atom. The van der Waals surface area contributed by atoms with Gasteiger partial charge in [0.25, 0.3) is 0 Å². The zero-order valence-electron chi connectivity index (χ0n) is 17.3. The van der Waals surface area contributed by atoms with Crippen LogP contribution in [0.4, 0.5) is 5.69 Å². The van der Waals surface area contributed by atoms with E-state index in [0.29, 0.717) is 22.3 Å². The van der Waals surface area contributed by atoms with Crippen LogP contribution >= 0.6 is 11.8 Å². The van der Waals surface area contributed by atoms with Crippen molar-refractivity contribution in [3.63, 3.8) is 0 Å². The Bertz CT molecular complexity index is 975. The maximum absolute atomic E-state index is 12.5. The summed E-state index contributed by atoms with van der Waals surface area (Å²) in [6.45, 7) is 2.18. The largest absolute Gasteiger partial charge is 0.497 e. The predicted octanol–water partition coefficient (Wildman–Crippen LogP) is 3.75. The predicted molar refractivity (Wildman–Crippen MR) is 117 cm³/mol. The number of anilines is 1. The topological polar surface area (TPSA) is 91.2 Å². The summed E-state index contributed by atoms with van der Waals surface area (Å²) in [4.78, 5) is 12.5. The smallest absolute Gasteiger partial charge is 0.234 e. The fraction of sp³-hybridized carbons (Fsp3) is 0.333. The number of unbranched alkanes of at least 4 members (excludes halogenated alkanes) is 1. The first kappa shape index (κ1) is 21.6. The number of hydrogen-bond donors (Lipinski definition) is 1. The summed E-state index contributed by atoms with van der Waals surface area (Å²) in [6, 6.07) is 13.4. The van der Waals surface area contributed by atoms with Crippen molar-refractivity contribution in [3.05, 3.63) is 48.0 Å². The molecule has 0 aliphatic rings. The minimum absolute atomic E-state index is 0.148. The number of tetrazole rings is 1. The van der Waals surface area contributed by atoms with Gasteiger partial charge >= 0.3 is 0 Å². The zero-order chi connectivity index (χ0) is 21.3. The Balaban J connectivity index is 1.63. The second-order valence-corrected chi connectivity index (χ2v) is 7.49. The first-order valence-electron chi connectivity index (χ1n) is 9.67. The van der Waals surface area contributed by atoms with Crippen molar-refractivity contribution in [2.24, 2.45) is 0 Å². The second kappa shape index (κ2) is 10.6. The van der Waals surface area contributed by atoms with Crippen LogP contribution in [0.1, 0.15) is 25.3 Å². The lowest BCUT2D eigenvalue weighted by molar-refractivity contribution is -0.113. The molecule has 0 radical (unpaired) electrons. The molecular formula is C21H25N5O3S. The van der Waals surface area contributed by atoms with Crippen LogP contribution in [0.3, 0.4) is 0 Å². The van der Waals surface area contributed by atoms with Gasteiger partial charge in [0.2, 0.25) is 11.1 Å².